The van der Waals surface area contributed by atoms with Crippen molar-refractivity contribution < 1.29 is 0 Å². The summed E-state index contributed by atoms with van der Waals surface area (Å²) in [5, 5.41) is 2.05. The highest BCUT2D eigenvalue weighted by Crippen LogP contribution is 2.39. The number of nitrogens with zero attached hydrogens (tertiary/aromatic N) is 2. The molecule has 23 heavy (non-hydrogen) atoms. The molecule has 1 atom stereocenters. The summed E-state index contributed by atoms with van der Waals surface area (Å²) in [5.41, 5.74) is 2.83. The fraction of sp³-hybridized carbons (Fsp3) is 0.579. The summed E-state index contributed by atoms with van der Waals surface area (Å²) in [7, 11) is 2.27. The molecule has 2 aromatic rings. The highest BCUT2D eigenvalue weighted by atomic mass is 35.5. The lowest BCUT2D eigenvalue weighted by Crippen LogP contribution is -2.51. The average Bonchev–Trinajstić information content (AvgIpc) is 2.84. The van der Waals surface area contributed by atoms with E-state index in [-0.39, 0.29) is 0 Å². The summed E-state index contributed by atoms with van der Waals surface area (Å²) < 4.78 is 0. The summed E-state index contributed by atoms with van der Waals surface area (Å²) in [6, 6.07) is 8.33. The van der Waals surface area contributed by atoms with Gasteiger partial charge in [0.25, 0.3) is 0 Å². The second kappa shape index (κ2) is 6.12. The lowest BCUT2D eigenvalue weighted by molar-refractivity contribution is 0.0194. The number of benzene rings is 1. The molecule has 1 spiro atoms. The Hall–Kier alpha value is -1.03. The molecule has 1 N–H and O–H groups in total. The van der Waals surface area contributed by atoms with Gasteiger partial charge in [-0.3, -0.25) is 4.90 Å². The number of aromatic amines is 1. The van der Waals surface area contributed by atoms with Crippen molar-refractivity contribution in [2.75, 3.05) is 33.2 Å². The van der Waals surface area contributed by atoms with Crippen LogP contribution >= 0.6 is 11.6 Å². The molecule has 2 fully saturated rings. The normalized spacial score (nSPS) is 27.0. The Morgan fingerprint density at radius 2 is 1.91 bits per heavy atom. The van der Waals surface area contributed by atoms with Gasteiger partial charge in [-0.05, 0) is 57.3 Å². The molecular formula is C19H26ClN3. The maximum absolute atomic E-state index is 6.61. The monoisotopic (exact) mass is 331 g/mol. The Labute approximate surface area is 143 Å². The number of rotatable bonds is 2. The smallest absolute Gasteiger partial charge is 0.0705 e. The predicted octanol–water partition coefficient (Wildman–Crippen LogP) is 4.13. The predicted molar refractivity (Wildman–Crippen MR) is 97.0 cm³/mol. The van der Waals surface area contributed by atoms with Crippen LogP contribution in [0.4, 0.5) is 0 Å². The minimum absolute atomic E-state index is 0.504. The zero-order valence-electron chi connectivity index (χ0n) is 13.9. The minimum Gasteiger partial charge on any atom is -0.356 e. The summed E-state index contributed by atoms with van der Waals surface area (Å²) >= 11 is 6.61. The van der Waals surface area contributed by atoms with Gasteiger partial charge in [-0.25, -0.2) is 0 Å². The highest BCUT2D eigenvalue weighted by Gasteiger charge is 2.38. The molecule has 0 aliphatic carbocycles. The van der Waals surface area contributed by atoms with Crippen LogP contribution in [0.15, 0.2) is 24.3 Å². The van der Waals surface area contributed by atoms with Crippen molar-refractivity contribution in [2.45, 2.75) is 32.2 Å². The van der Waals surface area contributed by atoms with E-state index in [4.69, 9.17) is 11.6 Å². The van der Waals surface area contributed by atoms with Crippen molar-refractivity contribution in [3.05, 3.63) is 35.0 Å². The molecule has 0 bridgehead atoms. The zero-order valence-corrected chi connectivity index (χ0v) is 14.7. The summed E-state index contributed by atoms with van der Waals surface area (Å²) in [6.07, 6.45) is 5.42. The van der Waals surface area contributed by atoms with Crippen molar-refractivity contribution in [2.24, 2.45) is 5.41 Å². The van der Waals surface area contributed by atoms with E-state index in [2.05, 4.69) is 46.1 Å². The molecule has 4 heteroatoms. The molecule has 1 aromatic heterocycles. The summed E-state index contributed by atoms with van der Waals surface area (Å²) in [4.78, 5) is 8.65. The number of aromatic nitrogens is 1. The lowest BCUT2D eigenvalue weighted by Gasteiger charge is -2.47. The first kappa shape index (κ1) is 15.5. The van der Waals surface area contributed by atoms with Crippen molar-refractivity contribution in [3.8, 4) is 0 Å². The van der Waals surface area contributed by atoms with E-state index in [0.717, 1.165) is 22.5 Å². The second-order valence-electron chi connectivity index (χ2n) is 7.62. The molecule has 2 saturated heterocycles. The quantitative estimate of drug-likeness (QED) is 0.894. The van der Waals surface area contributed by atoms with Gasteiger partial charge in [0, 0.05) is 36.2 Å². The van der Waals surface area contributed by atoms with Crippen molar-refractivity contribution >= 4 is 22.5 Å². The van der Waals surface area contributed by atoms with E-state index in [1.807, 2.05) is 0 Å². The molecule has 4 rings (SSSR count). The number of hydrogen-bond donors (Lipinski definition) is 1. The van der Waals surface area contributed by atoms with Crippen LogP contribution in [0.25, 0.3) is 10.9 Å². The third-order valence-corrected chi connectivity index (χ3v) is 6.12. The van der Waals surface area contributed by atoms with Crippen molar-refractivity contribution in [3.63, 3.8) is 0 Å². The van der Waals surface area contributed by atoms with Gasteiger partial charge < -0.3 is 9.88 Å². The molecule has 3 heterocycles. The average molecular weight is 332 g/mol. The van der Waals surface area contributed by atoms with Crippen molar-refractivity contribution in [1.82, 2.24) is 14.8 Å². The first-order chi connectivity index (χ1) is 11.2. The van der Waals surface area contributed by atoms with Gasteiger partial charge in [0.1, 0.15) is 0 Å². The Kier molecular flexibility index (Phi) is 4.12. The van der Waals surface area contributed by atoms with Crippen LogP contribution in [0.5, 0.6) is 0 Å². The van der Waals surface area contributed by atoms with Gasteiger partial charge >= 0.3 is 0 Å². The maximum atomic E-state index is 6.61. The summed E-state index contributed by atoms with van der Waals surface area (Å²) in [6.45, 7) is 5.86. The lowest BCUT2D eigenvalue weighted by atomic mass is 9.74. The van der Waals surface area contributed by atoms with Crippen LogP contribution < -0.4 is 0 Å². The van der Waals surface area contributed by atoms with E-state index >= 15 is 0 Å². The molecule has 2 aliphatic heterocycles. The maximum Gasteiger partial charge on any atom is 0.0705 e. The van der Waals surface area contributed by atoms with Crippen LogP contribution in [0.3, 0.4) is 0 Å². The number of hydrogen-bond acceptors (Lipinski definition) is 2. The van der Waals surface area contributed by atoms with E-state index in [9.17, 15) is 0 Å². The molecule has 3 nitrogen and oxygen atoms in total. The number of H-pyrrole nitrogens is 1. The Morgan fingerprint density at radius 1 is 1.13 bits per heavy atom. The van der Waals surface area contributed by atoms with E-state index < -0.39 is 0 Å². The SMILES string of the molecule is CN1CCC[C@@]2(CCCN(Cc3[nH]c4ccccc4c3Cl)C2)C1. The molecule has 0 amide bonds. The zero-order chi connectivity index (χ0) is 15.9. The van der Waals surface area contributed by atoms with Gasteiger partial charge in [-0.1, -0.05) is 29.8 Å². The second-order valence-corrected chi connectivity index (χ2v) is 8.00. The molecule has 2 aliphatic rings. The Morgan fingerprint density at radius 3 is 2.70 bits per heavy atom. The van der Waals surface area contributed by atoms with E-state index in [1.165, 1.54) is 57.6 Å². The molecule has 0 saturated carbocycles. The topological polar surface area (TPSA) is 22.3 Å². The number of halogens is 1. The first-order valence-electron chi connectivity index (χ1n) is 8.81. The number of nitrogens with one attached hydrogen (secondary N) is 1. The Bertz CT molecular complexity index is 691. The molecule has 124 valence electrons. The molecule has 0 unspecified atom stereocenters. The number of likely N-dealkylation sites (tertiary alicyclic amines) is 2. The van der Waals surface area contributed by atoms with E-state index in [0.29, 0.717) is 5.41 Å². The highest BCUT2D eigenvalue weighted by molar-refractivity contribution is 6.36. The molecule has 0 radical (unpaired) electrons. The standard InChI is InChI=1S/C19H26ClN3/c1-22-10-4-8-19(13-22)9-5-11-23(14-19)12-17-18(20)15-6-2-3-7-16(15)21-17/h2-3,6-7,21H,4-5,8-14H2,1H3/t19-/m1/s1. The number of para-hydroxylation sites is 1. The van der Waals surface area contributed by atoms with Gasteiger partial charge in [0.05, 0.1) is 5.02 Å². The number of fused-ring (bicyclic) bond motifs is 1. The van der Waals surface area contributed by atoms with Crippen LogP contribution in [-0.2, 0) is 6.54 Å². The van der Waals surface area contributed by atoms with E-state index in [1.54, 1.807) is 0 Å². The summed E-state index contributed by atoms with van der Waals surface area (Å²) in [5.74, 6) is 0. The first-order valence-corrected chi connectivity index (χ1v) is 9.19. The largest absolute Gasteiger partial charge is 0.356 e. The van der Waals surface area contributed by atoms with Crippen LogP contribution in [0.1, 0.15) is 31.4 Å². The van der Waals surface area contributed by atoms with Crippen LogP contribution in [-0.4, -0.2) is 48.0 Å². The Balaban J connectivity index is 1.52. The third kappa shape index (κ3) is 3.02. The van der Waals surface area contributed by atoms with Crippen molar-refractivity contribution in [1.29, 1.82) is 0 Å². The minimum atomic E-state index is 0.504. The molecule has 1 aromatic carbocycles. The van der Waals surface area contributed by atoms with Gasteiger partial charge in [0.15, 0.2) is 0 Å². The van der Waals surface area contributed by atoms with Crippen LogP contribution in [0.2, 0.25) is 5.02 Å². The number of piperidine rings is 2. The van der Waals surface area contributed by atoms with Gasteiger partial charge in [-0.2, -0.15) is 0 Å². The van der Waals surface area contributed by atoms with Gasteiger partial charge in [0.2, 0.25) is 0 Å². The fourth-order valence-electron chi connectivity index (χ4n) is 4.73. The fourth-order valence-corrected chi connectivity index (χ4v) is 5.00. The molecular weight excluding hydrogens is 306 g/mol. The van der Waals surface area contributed by atoms with Gasteiger partial charge in [-0.15, -0.1) is 0 Å². The third-order valence-electron chi connectivity index (χ3n) is 5.69. The van der Waals surface area contributed by atoms with Crippen LogP contribution in [0, 0.1) is 5.41 Å².